The minimum Gasteiger partial charge on any atom is -0.493 e. The van der Waals surface area contributed by atoms with Crippen molar-refractivity contribution in [3.63, 3.8) is 0 Å². The summed E-state index contributed by atoms with van der Waals surface area (Å²) < 4.78 is 10.5. The van der Waals surface area contributed by atoms with Crippen LogP contribution in [0.4, 0.5) is 0 Å². The van der Waals surface area contributed by atoms with Crippen LogP contribution >= 0.6 is 0 Å². The van der Waals surface area contributed by atoms with Gasteiger partial charge >= 0.3 is 0 Å². The largest absolute Gasteiger partial charge is 0.493 e. The van der Waals surface area contributed by atoms with E-state index in [4.69, 9.17) is 9.47 Å². The third kappa shape index (κ3) is 4.07. The first-order valence-corrected chi connectivity index (χ1v) is 8.61. The van der Waals surface area contributed by atoms with Crippen LogP contribution in [0, 0.1) is 11.5 Å². The molecule has 146 valence electrons. The fourth-order valence-corrected chi connectivity index (χ4v) is 2.75. The second kappa shape index (κ2) is 8.44. The topological polar surface area (TPSA) is 82.9 Å². The number of methoxy groups -OCH3 is 2. The minimum atomic E-state index is -0.843. The summed E-state index contributed by atoms with van der Waals surface area (Å²) in [5.41, 5.74) is -0.369. The molecule has 0 saturated heterocycles. The van der Waals surface area contributed by atoms with Crippen molar-refractivity contribution in [2.75, 3.05) is 14.2 Å². The van der Waals surface area contributed by atoms with Gasteiger partial charge in [-0.15, -0.1) is 5.01 Å². The molecule has 0 spiro atoms. The Morgan fingerprint density at radius 1 is 0.929 bits per heavy atom. The fraction of sp³-hybridized carbons (Fsp3) is 0.286. The lowest BCUT2D eigenvalue weighted by atomic mass is 10.1. The normalized spacial score (nSPS) is 10.6. The lowest BCUT2D eigenvalue weighted by Gasteiger charge is -2.39. The molecular weight excluding hydrogens is 358 g/mol. The van der Waals surface area contributed by atoms with Gasteiger partial charge in [0.25, 0.3) is 11.8 Å². The van der Waals surface area contributed by atoms with Crippen molar-refractivity contribution in [1.29, 1.82) is 5.26 Å². The number of hydrogen-bond donors (Lipinski definition) is 0. The van der Waals surface area contributed by atoms with Crippen LogP contribution in [-0.4, -0.2) is 41.6 Å². The van der Waals surface area contributed by atoms with Crippen LogP contribution in [0.1, 0.15) is 41.5 Å². The van der Waals surface area contributed by atoms with Crippen LogP contribution in [0.5, 0.6) is 11.5 Å². The Kier molecular flexibility index (Phi) is 6.26. The zero-order valence-electron chi connectivity index (χ0n) is 16.6. The summed E-state index contributed by atoms with van der Waals surface area (Å²) in [6, 6.07) is 13.3. The van der Waals surface area contributed by atoms with Crippen molar-refractivity contribution in [2.24, 2.45) is 0 Å². The highest BCUT2D eigenvalue weighted by atomic mass is 16.5. The zero-order chi connectivity index (χ0) is 20.9. The Balaban J connectivity index is 2.55. The second-order valence-electron chi connectivity index (χ2n) is 6.91. The molecule has 0 aliphatic heterocycles. The number of carbonyl (C=O) groups is 2. The molecule has 0 aliphatic rings. The highest BCUT2D eigenvalue weighted by molar-refractivity contribution is 6.02. The van der Waals surface area contributed by atoms with Gasteiger partial charge in [-0.3, -0.25) is 9.59 Å². The molecule has 0 saturated carbocycles. The van der Waals surface area contributed by atoms with E-state index in [-0.39, 0.29) is 11.3 Å². The van der Waals surface area contributed by atoms with E-state index in [1.807, 2.05) is 6.19 Å². The third-order valence-electron chi connectivity index (χ3n) is 3.97. The molecule has 0 fully saturated rings. The number of nitriles is 1. The van der Waals surface area contributed by atoms with E-state index in [0.717, 1.165) is 10.0 Å². The smallest absolute Gasteiger partial charge is 0.290 e. The van der Waals surface area contributed by atoms with Crippen LogP contribution in [-0.2, 0) is 0 Å². The van der Waals surface area contributed by atoms with E-state index in [1.54, 1.807) is 63.2 Å². The predicted octanol–water partition coefficient (Wildman–Crippen LogP) is 3.48. The molecule has 0 bridgehead atoms. The summed E-state index contributed by atoms with van der Waals surface area (Å²) in [6.07, 6.45) is 1.84. The molecule has 0 N–H and O–H groups in total. The van der Waals surface area contributed by atoms with Gasteiger partial charge in [-0.2, -0.15) is 5.26 Å². The number of carbonyl (C=O) groups excluding carboxylic acids is 2. The maximum Gasteiger partial charge on any atom is 0.290 e. The van der Waals surface area contributed by atoms with Gasteiger partial charge < -0.3 is 9.47 Å². The average Bonchev–Trinajstić information content (AvgIpc) is 2.69. The molecule has 28 heavy (non-hydrogen) atoms. The summed E-state index contributed by atoms with van der Waals surface area (Å²) in [4.78, 5) is 26.4. The van der Waals surface area contributed by atoms with Gasteiger partial charge in [0.2, 0.25) is 6.19 Å². The van der Waals surface area contributed by atoms with Crippen molar-refractivity contribution < 1.29 is 19.1 Å². The minimum absolute atomic E-state index is 0.110. The number of benzene rings is 2. The van der Waals surface area contributed by atoms with E-state index in [1.165, 1.54) is 20.3 Å². The molecule has 0 aliphatic carbocycles. The fourth-order valence-electron chi connectivity index (χ4n) is 2.75. The van der Waals surface area contributed by atoms with E-state index < -0.39 is 17.4 Å². The van der Waals surface area contributed by atoms with Gasteiger partial charge in [-0.1, -0.05) is 24.3 Å². The molecule has 0 heterocycles. The maximum absolute atomic E-state index is 13.2. The maximum atomic E-state index is 13.2. The highest BCUT2D eigenvalue weighted by Gasteiger charge is 2.37. The number of hydrazine groups is 1. The van der Waals surface area contributed by atoms with E-state index in [9.17, 15) is 14.9 Å². The molecule has 2 aromatic rings. The van der Waals surface area contributed by atoms with Crippen LogP contribution < -0.4 is 9.47 Å². The van der Waals surface area contributed by atoms with E-state index in [0.29, 0.717) is 11.3 Å². The molecule has 7 nitrogen and oxygen atoms in total. The van der Waals surface area contributed by atoms with Crippen molar-refractivity contribution in [1.82, 2.24) is 10.0 Å². The van der Waals surface area contributed by atoms with Crippen LogP contribution in [0.3, 0.4) is 0 Å². The van der Waals surface area contributed by atoms with Crippen molar-refractivity contribution in [3.8, 4) is 17.7 Å². The van der Waals surface area contributed by atoms with Gasteiger partial charge in [-0.05, 0) is 45.0 Å². The first kappa shape index (κ1) is 20.8. The van der Waals surface area contributed by atoms with Gasteiger partial charge in [-0.25, -0.2) is 5.01 Å². The Morgan fingerprint density at radius 3 is 2.07 bits per heavy atom. The van der Waals surface area contributed by atoms with Gasteiger partial charge in [0.05, 0.1) is 25.3 Å². The summed E-state index contributed by atoms with van der Waals surface area (Å²) in [7, 11) is 2.86. The molecule has 0 unspecified atom stereocenters. The molecule has 2 aromatic carbocycles. The average molecular weight is 381 g/mol. The Bertz CT molecular complexity index is 898. The highest BCUT2D eigenvalue weighted by Crippen LogP contribution is 2.32. The Morgan fingerprint density at radius 2 is 1.57 bits per heavy atom. The van der Waals surface area contributed by atoms with Crippen molar-refractivity contribution in [2.45, 2.75) is 26.3 Å². The van der Waals surface area contributed by atoms with Crippen LogP contribution in [0.2, 0.25) is 0 Å². The number of amides is 2. The van der Waals surface area contributed by atoms with E-state index in [2.05, 4.69) is 0 Å². The number of rotatable bonds is 4. The summed E-state index contributed by atoms with van der Waals surface area (Å²) in [6.45, 7) is 5.23. The summed E-state index contributed by atoms with van der Waals surface area (Å²) in [5, 5.41) is 11.7. The SMILES string of the molecule is COc1cccc(C(=O)N(C#N)N(C(=O)c2ccccc2)C(C)(C)C)c1OC. The monoisotopic (exact) mass is 381 g/mol. The lowest BCUT2D eigenvalue weighted by Crippen LogP contribution is -2.56. The van der Waals surface area contributed by atoms with Crippen LogP contribution in [0.15, 0.2) is 48.5 Å². The first-order valence-electron chi connectivity index (χ1n) is 8.61. The van der Waals surface area contributed by atoms with Gasteiger partial charge in [0, 0.05) is 5.56 Å². The van der Waals surface area contributed by atoms with Crippen LogP contribution in [0.25, 0.3) is 0 Å². The number of nitrogens with zero attached hydrogens (tertiary/aromatic N) is 3. The standard InChI is InChI=1S/C21H23N3O4/c1-21(2,3)24(19(25)15-10-7-6-8-11-15)23(14-22)20(26)16-12-9-13-17(27-4)18(16)28-5/h6-13H,1-5H3. The van der Waals surface area contributed by atoms with Crippen molar-refractivity contribution in [3.05, 3.63) is 59.7 Å². The second-order valence-corrected chi connectivity index (χ2v) is 6.91. The Hall–Kier alpha value is -3.53. The molecule has 0 radical (unpaired) electrons. The first-order chi connectivity index (χ1) is 13.3. The van der Waals surface area contributed by atoms with Gasteiger partial charge in [0.1, 0.15) is 0 Å². The molecule has 0 aromatic heterocycles. The Labute approximate surface area is 164 Å². The number of ether oxygens (including phenoxy) is 2. The molecule has 2 rings (SSSR count). The van der Waals surface area contributed by atoms with Gasteiger partial charge in [0.15, 0.2) is 11.5 Å². The van der Waals surface area contributed by atoms with Crippen molar-refractivity contribution >= 4 is 11.8 Å². The van der Waals surface area contributed by atoms with E-state index >= 15 is 0 Å². The lowest BCUT2D eigenvalue weighted by molar-refractivity contribution is -0.0168. The molecule has 0 atom stereocenters. The molecular formula is C21H23N3O4. The quantitative estimate of drug-likeness (QED) is 0.460. The summed E-state index contributed by atoms with van der Waals surface area (Å²) in [5.74, 6) is -0.624. The number of hydrogen-bond acceptors (Lipinski definition) is 5. The number of para-hydroxylation sites is 1. The summed E-state index contributed by atoms with van der Waals surface area (Å²) >= 11 is 0. The molecule has 7 heteroatoms. The third-order valence-corrected chi connectivity index (χ3v) is 3.97. The zero-order valence-corrected chi connectivity index (χ0v) is 16.6. The predicted molar refractivity (Wildman–Crippen MR) is 104 cm³/mol. The molecule has 2 amide bonds.